The lowest BCUT2D eigenvalue weighted by Gasteiger charge is -2.32. The van der Waals surface area contributed by atoms with Crippen molar-refractivity contribution in [2.45, 2.75) is 65.8 Å². The summed E-state index contributed by atoms with van der Waals surface area (Å²) < 4.78 is 8.89. The molecule has 0 saturated carbocycles. The Morgan fingerprint density at radius 3 is 2.68 bits per heavy atom. The molecule has 0 unspecified atom stereocenters. The summed E-state index contributed by atoms with van der Waals surface area (Å²) in [4.78, 5) is 29.4. The summed E-state index contributed by atoms with van der Waals surface area (Å²) in [5.41, 5.74) is -0.295. The van der Waals surface area contributed by atoms with E-state index < -0.39 is 22.8 Å². The summed E-state index contributed by atoms with van der Waals surface area (Å²) in [5.74, 6) is -0.975. The number of fused-ring (bicyclic) bond motifs is 1. The van der Waals surface area contributed by atoms with Crippen molar-refractivity contribution in [3.63, 3.8) is 0 Å². The van der Waals surface area contributed by atoms with Crippen LogP contribution < -0.4 is 10.9 Å². The van der Waals surface area contributed by atoms with Crippen LogP contribution in [0.3, 0.4) is 0 Å². The van der Waals surface area contributed by atoms with E-state index >= 15 is 0 Å². The van der Waals surface area contributed by atoms with Gasteiger partial charge in [0.1, 0.15) is 11.4 Å². The zero-order chi connectivity index (χ0) is 20.9. The third kappa shape index (κ3) is 3.54. The quantitative estimate of drug-likeness (QED) is 0.821. The number of carbonyl (C=O) groups is 1. The molecule has 9 nitrogen and oxygen atoms in total. The van der Waals surface area contributed by atoms with Gasteiger partial charge >= 0.3 is 0 Å². The van der Waals surface area contributed by atoms with Crippen molar-refractivity contribution >= 4 is 5.91 Å². The minimum absolute atomic E-state index is 0.155. The first-order chi connectivity index (χ1) is 12.9. The first-order valence-corrected chi connectivity index (χ1v) is 9.24. The molecule has 1 amide bonds. The molecule has 0 atom stereocenters. The maximum absolute atomic E-state index is 12.6. The Labute approximate surface area is 163 Å². The summed E-state index contributed by atoms with van der Waals surface area (Å²) in [6.45, 7) is 12.4. The molecule has 1 aliphatic rings. The maximum Gasteiger partial charge on any atom is 0.296 e. The largest absolute Gasteiger partial charge is 0.501 e. The van der Waals surface area contributed by atoms with Crippen LogP contribution in [0.25, 0.3) is 0 Å². The second-order valence-corrected chi connectivity index (χ2v) is 8.49. The maximum atomic E-state index is 12.6. The molecule has 2 N–H and O–H groups in total. The van der Waals surface area contributed by atoms with Gasteiger partial charge in [0.15, 0.2) is 5.69 Å². The van der Waals surface area contributed by atoms with Crippen LogP contribution in [-0.4, -0.2) is 37.0 Å². The fraction of sp³-hybridized carbons (Fsp3) is 0.579. The standard InChI is InChI=1S/C19H27N5O4/c1-11-9-12(22-24(11)18(2,3)4)10-20-15(26)13-14(25)16(27)23-7-8-28-19(5,6)17(23)21-13/h9,25H,7-8,10H2,1-6H3,(H,20,26). The van der Waals surface area contributed by atoms with Gasteiger partial charge in [-0.1, -0.05) is 0 Å². The average Bonchev–Trinajstić information content (AvgIpc) is 2.97. The van der Waals surface area contributed by atoms with E-state index in [0.717, 1.165) is 5.69 Å². The van der Waals surface area contributed by atoms with Crippen molar-refractivity contribution in [2.75, 3.05) is 6.61 Å². The molecule has 152 valence electrons. The molecule has 0 bridgehead atoms. The molecule has 3 rings (SSSR count). The van der Waals surface area contributed by atoms with Crippen molar-refractivity contribution < 1.29 is 14.6 Å². The third-order valence-electron chi connectivity index (χ3n) is 4.68. The Morgan fingerprint density at radius 2 is 2.07 bits per heavy atom. The molecule has 0 aliphatic carbocycles. The number of nitrogens with zero attached hydrogens (tertiary/aromatic N) is 4. The van der Waals surface area contributed by atoms with Gasteiger partial charge in [0.05, 0.1) is 30.9 Å². The minimum Gasteiger partial charge on any atom is -0.501 e. The predicted molar refractivity (Wildman–Crippen MR) is 102 cm³/mol. The summed E-state index contributed by atoms with van der Waals surface area (Å²) >= 11 is 0. The molecule has 2 aromatic rings. The van der Waals surface area contributed by atoms with Gasteiger partial charge in [0.2, 0.25) is 5.75 Å². The molecule has 28 heavy (non-hydrogen) atoms. The van der Waals surface area contributed by atoms with E-state index in [0.29, 0.717) is 18.1 Å². The molecular weight excluding hydrogens is 362 g/mol. The van der Waals surface area contributed by atoms with Gasteiger partial charge in [0.25, 0.3) is 11.5 Å². The number of hydrogen-bond acceptors (Lipinski definition) is 6. The lowest BCUT2D eigenvalue weighted by atomic mass is 10.1. The number of ether oxygens (including phenoxy) is 1. The van der Waals surface area contributed by atoms with E-state index in [-0.39, 0.29) is 24.3 Å². The van der Waals surface area contributed by atoms with Crippen LogP contribution in [0, 0.1) is 6.92 Å². The Bertz CT molecular complexity index is 981. The first kappa shape index (κ1) is 20.1. The topological polar surface area (TPSA) is 111 Å². The highest BCUT2D eigenvalue weighted by Gasteiger charge is 2.34. The van der Waals surface area contributed by atoms with Crippen LogP contribution >= 0.6 is 0 Å². The number of aromatic hydroxyl groups is 1. The van der Waals surface area contributed by atoms with Gasteiger partial charge in [-0.2, -0.15) is 5.10 Å². The highest BCUT2D eigenvalue weighted by atomic mass is 16.5. The van der Waals surface area contributed by atoms with Crippen LogP contribution in [0.4, 0.5) is 0 Å². The Kier molecular flexibility index (Phi) is 4.82. The van der Waals surface area contributed by atoms with Gasteiger partial charge in [-0.05, 0) is 47.6 Å². The molecule has 0 fully saturated rings. The molecule has 0 radical (unpaired) electrons. The monoisotopic (exact) mass is 389 g/mol. The molecule has 0 aromatic carbocycles. The lowest BCUT2D eigenvalue weighted by molar-refractivity contribution is -0.0566. The summed E-state index contributed by atoms with van der Waals surface area (Å²) in [5, 5.41) is 17.4. The second-order valence-electron chi connectivity index (χ2n) is 8.49. The van der Waals surface area contributed by atoms with E-state index in [1.165, 1.54) is 4.57 Å². The van der Waals surface area contributed by atoms with E-state index in [1.54, 1.807) is 13.8 Å². The molecule has 2 aromatic heterocycles. The number of amides is 1. The van der Waals surface area contributed by atoms with Gasteiger partial charge in [0, 0.05) is 5.69 Å². The van der Waals surface area contributed by atoms with Gasteiger partial charge < -0.3 is 15.2 Å². The predicted octanol–water partition coefficient (Wildman–Crippen LogP) is 1.40. The van der Waals surface area contributed by atoms with Crippen molar-refractivity contribution in [3.05, 3.63) is 39.3 Å². The summed E-state index contributed by atoms with van der Waals surface area (Å²) in [7, 11) is 0. The second kappa shape index (κ2) is 6.73. The first-order valence-electron chi connectivity index (χ1n) is 9.24. The number of aromatic nitrogens is 4. The fourth-order valence-corrected chi connectivity index (χ4v) is 3.39. The van der Waals surface area contributed by atoms with Crippen molar-refractivity contribution in [1.82, 2.24) is 24.6 Å². The number of aryl methyl sites for hydroxylation is 1. The summed E-state index contributed by atoms with van der Waals surface area (Å²) in [6.07, 6.45) is 0. The smallest absolute Gasteiger partial charge is 0.296 e. The van der Waals surface area contributed by atoms with Crippen molar-refractivity contribution in [1.29, 1.82) is 0 Å². The van der Waals surface area contributed by atoms with Crippen LogP contribution in [0.2, 0.25) is 0 Å². The Hall–Kier alpha value is -2.68. The van der Waals surface area contributed by atoms with E-state index in [9.17, 15) is 14.7 Å². The van der Waals surface area contributed by atoms with Crippen LogP contribution in [-0.2, 0) is 29.0 Å². The van der Waals surface area contributed by atoms with Crippen molar-refractivity contribution in [2.24, 2.45) is 0 Å². The fourth-order valence-electron chi connectivity index (χ4n) is 3.39. The highest BCUT2D eigenvalue weighted by molar-refractivity contribution is 5.94. The molecular formula is C19H27N5O4. The Balaban J connectivity index is 1.86. The zero-order valence-electron chi connectivity index (χ0n) is 17.2. The number of rotatable bonds is 3. The SMILES string of the molecule is Cc1cc(CNC(=O)c2nc3n(c(=O)c2O)CCOC3(C)C)nn1C(C)(C)C. The van der Waals surface area contributed by atoms with Gasteiger partial charge in [-0.3, -0.25) is 18.8 Å². The average molecular weight is 389 g/mol. The zero-order valence-corrected chi connectivity index (χ0v) is 17.2. The lowest BCUT2D eigenvalue weighted by Crippen LogP contribution is -2.42. The number of nitrogens with one attached hydrogen (secondary N) is 1. The van der Waals surface area contributed by atoms with E-state index in [2.05, 4.69) is 15.4 Å². The third-order valence-corrected chi connectivity index (χ3v) is 4.68. The van der Waals surface area contributed by atoms with E-state index in [1.807, 2.05) is 38.4 Å². The molecule has 1 aliphatic heterocycles. The Morgan fingerprint density at radius 1 is 1.39 bits per heavy atom. The summed E-state index contributed by atoms with van der Waals surface area (Å²) in [6, 6.07) is 1.89. The number of hydrogen-bond donors (Lipinski definition) is 2. The van der Waals surface area contributed by atoms with Gasteiger partial charge in [-0.15, -0.1) is 0 Å². The molecule has 9 heteroatoms. The minimum atomic E-state index is -0.831. The van der Waals surface area contributed by atoms with Crippen molar-refractivity contribution in [3.8, 4) is 5.75 Å². The number of carbonyl (C=O) groups excluding carboxylic acids is 1. The highest BCUT2D eigenvalue weighted by Crippen LogP contribution is 2.27. The van der Waals surface area contributed by atoms with Crippen LogP contribution in [0.1, 0.15) is 62.3 Å². The molecule has 3 heterocycles. The van der Waals surface area contributed by atoms with Crippen LogP contribution in [0.5, 0.6) is 5.75 Å². The van der Waals surface area contributed by atoms with Crippen LogP contribution in [0.15, 0.2) is 10.9 Å². The molecule has 0 spiro atoms. The normalized spacial score (nSPS) is 15.9. The van der Waals surface area contributed by atoms with E-state index in [4.69, 9.17) is 4.74 Å². The molecule has 0 saturated heterocycles. The van der Waals surface area contributed by atoms with Gasteiger partial charge in [-0.25, -0.2) is 4.98 Å².